The highest BCUT2D eigenvalue weighted by Crippen LogP contribution is 2.61. The van der Waals surface area contributed by atoms with Crippen LogP contribution in [-0.4, -0.2) is 79.0 Å². The van der Waals surface area contributed by atoms with Gasteiger partial charge in [-0.1, -0.05) is 134 Å². The fraction of sp³-hybridized carbons (Fsp3) is 0.300. The monoisotopic (exact) mass is 1000 g/mol. The Balaban J connectivity index is 0.998. The van der Waals surface area contributed by atoms with E-state index in [2.05, 4.69) is 38.2 Å². The number of hydrogen-bond donors (Lipinski definition) is 1. The summed E-state index contributed by atoms with van der Waals surface area (Å²) in [6.07, 6.45) is 1.45. The second-order valence-corrected chi connectivity index (χ2v) is 25.4. The zero-order valence-corrected chi connectivity index (χ0v) is 43.2. The van der Waals surface area contributed by atoms with E-state index in [-0.39, 0.29) is 55.2 Å². The number of aliphatic hydroxyl groups is 1. The Bertz CT molecular complexity index is 3200. The van der Waals surface area contributed by atoms with Gasteiger partial charge in [-0.05, 0) is 82.2 Å². The number of hydrogen-bond acceptors (Lipinski definition) is 9. The number of carbonyl (C=O) groups excluding carboxylic acids is 4. The first-order valence-corrected chi connectivity index (χ1v) is 28.7. The number of ether oxygens (including phenoxy) is 2. The Kier molecular flexibility index (Phi) is 13.0. The number of carbonyl (C=O) groups is 4. The summed E-state index contributed by atoms with van der Waals surface area (Å²) in [7, 11) is -1.07. The molecule has 0 unspecified atom stereocenters. The van der Waals surface area contributed by atoms with Crippen LogP contribution < -0.4 is 24.8 Å². The van der Waals surface area contributed by atoms with Crippen molar-refractivity contribution in [1.82, 2.24) is 4.90 Å². The third-order valence-corrected chi connectivity index (χ3v) is 20.5. The van der Waals surface area contributed by atoms with Crippen LogP contribution in [0.5, 0.6) is 5.75 Å². The lowest BCUT2D eigenvalue weighted by Gasteiger charge is -2.39. The molecule has 1 fully saturated rings. The number of rotatable bonds is 12. The molecule has 0 saturated carbocycles. The van der Waals surface area contributed by atoms with E-state index in [0.717, 1.165) is 50.2 Å². The van der Waals surface area contributed by atoms with E-state index in [9.17, 15) is 14.7 Å². The summed E-state index contributed by atoms with van der Waals surface area (Å²) >= 11 is 0. The minimum absolute atomic E-state index is 0.00912. The second kappa shape index (κ2) is 19.7. The number of anilines is 3. The van der Waals surface area contributed by atoms with Gasteiger partial charge >= 0.3 is 0 Å². The molecule has 5 heterocycles. The molecule has 0 bridgehead atoms. The standard InChI is InChI=1S/C60H60N6O7Si/c1-39-58(74(3,4)49-26-24-48(72-2)25-27-49)54(35-57(70)63-37-44-18-12-11-17-43(44)33-47(63)38-67)73-60(39)50-34-46(66-56(69)32-29-52(62-66)42-15-9-6-10-16-42)23-30-53(50)64(59(60)71)36-40-19-21-45(22-20-40)65-55(68)31-28-51(61-65)41-13-7-5-8-14-41/h5-27,30,34,39,47,54,58,67H,28-29,31-33,35-38H2,1-4H3/t39-,47-,54+,58-,60+/m0/s1. The van der Waals surface area contributed by atoms with Gasteiger partial charge in [0.05, 0.1) is 75.4 Å². The zero-order chi connectivity index (χ0) is 51.3. The van der Waals surface area contributed by atoms with E-state index in [4.69, 9.17) is 19.7 Å². The molecule has 13 nitrogen and oxygen atoms in total. The summed E-state index contributed by atoms with van der Waals surface area (Å²) in [4.78, 5) is 61.9. The van der Waals surface area contributed by atoms with Gasteiger partial charge in [0, 0.05) is 43.7 Å². The molecule has 1 saturated heterocycles. The van der Waals surface area contributed by atoms with Crippen molar-refractivity contribution in [1.29, 1.82) is 0 Å². The number of methoxy groups -OCH3 is 1. The van der Waals surface area contributed by atoms with Gasteiger partial charge in [0.2, 0.25) is 17.7 Å². The Labute approximate surface area is 432 Å². The first-order chi connectivity index (χ1) is 35.9. The number of aliphatic hydroxyl groups excluding tert-OH is 1. The van der Waals surface area contributed by atoms with Crippen LogP contribution in [0.25, 0.3) is 0 Å². The van der Waals surface area contributed by atoms with Gasteiger partial charge in [-0.15, -0.1) is 0 Å². The summed E-state index contributed by atoms with van der Waals surface area (Å²) in [5.74, 6) is -0.407. The van der Waals surface area contributed by atoms with Gasteiger partial charge in [-0.2, -0.15) is 10.2 Å². The Hall–Kier alpha value is -7.52. The summed E-state index contributed by atoms with van der Waals surface area (Å²) in [5, 5.41) is 24.5. The van der Waals surface area contributed by atoms with Crippen LogP contribution in [0.15, 0.2) is 162 Å². The molecule has 6 aromatic rings. The summed E-state index contributed by atoms with van der Waals surface area (Å²) in [6, 6.07) is 48.7. The second-order valence-electron chi connectivity index (χ2n) is 20.7. The number of hydrazone groups is 2. The first-order valence-electron chi connectivity index (χ1n) is 25.6. The lowest BCUT2D eigenvalue weighted by atomic mass is 9.82. The minimum Gasteiger partial charge on any atom is -0.497 e. The number of nitrogens with zero attached hydrogens (tertiary/aromatic N) is 6. The molecule has 14 heteroatoms. The summed E-state index contributed by atoms with van der Waals surface area (Å²) in [6.45, 7) is 7.00. The molecule has 6 aromatic carbocycles. The highest BCUT2D eigenvalue weighted by Gasteiger charge is 2.67. The maximum absolute atomic E-state index is 16.1. The largest absolute Gasteiger partial charge is 0.497 e. The molecule has 0 aromatic heterocycles. The van der Waals surface area contributed by atoms with E-state index in [0.29, 0.717) is 54.9 Å². The third kappa shape index (κ3) is 8.63. The normalized spacial score (nSPS) is 22.7. The third-order valence-electron chi connectivity index (χ3n) is 16.1. The molecule has 1 spiro atoms. The van der Waals surface area contributed by atoms with Gasteiger partial charge in [-0.25, -0.2) is 10.0 Å². The lowest BCUT2D eigenvalue weighted by Crippen LogP contribution is -2.52. The molecule has 376 valence electrons. The van der Waals surface area contributed by atoms with E-state index >= 15 is 9.59 Å². The fourth-order valence-corrected chi connectivity index (χ4v) is 16.2. The van der Waals surface area contributed by atoms with Crippen molar-refractivity contribution < 1.29 is 33.8 Å². The van der Waals surface area contributed by atoms with Gasteiger partial charge in [0.25, 0.3) is 5.91 Å². The highest BCUT2D eigenvalue weighted by atomic mass is 28.3. The Morgan fingerprint density at radius 2 is 1.31 bits per heavy atom. The average Bonchev–Trinajstić information content (AvgIpc) is 3.86. The molecule has 5 aliphatic heterocycles. The van der Waals surface area contributed by atoms with Gasteiger partial charge in [0.15, 0.2) is 5.60 Å². The van der Waals surface area contributed by atoms with E-state index < -0.39 is 31.7 Å². The van der Waals surface area contributed by atoms with Crippen LogP contribution in [-0.2, 0) is 49.0 Å². The fourth-order valence-electron chi connectivity index (χ4n) is 12.2. The van der Waals surface area contributed by atoms with Crippen LogP contribution in [0, 0.1) is 5.92 Å². The molecule has 5 aliphatic rings. The van der Waals surface area contributed by atoms with Crippen LogP contribution in [0.4, 0.5) is 17.1 Å². The van der Waals surface area contributed by atoms with Crippen molar-refractivity contribution >= 4 is 65.4 Å². The van der Waals surface area contributed by atoms with Gasteiger partial charge in [-0.3, -0.25) is 19.2 Å². The smallest absolute Gasteiger partial charge is 0.264 e. The molecule has 1 N–H and O–H groups in total. The minimum atomic E-state index is -2.71. The van der Waals surface area contributed by atoms with Crippen LogP contribution in [0.1, 0.15) is 72.4 Å². The van der Waals surface area contributed by atoms with Gasteiger partial charge < -0.3 is 24.4 Å². The quantitative estimate of drug-likeness (QED) is 0.121. The molecule has 74 heavy (non-hydrogen) atoms. The van der Waals surface area contributed by atoms with Crippen molar-refractivity contribution in [3.63, 3.8) is 0 Å². The Morgan fingerprint density at radius 1 is 0.730 bits per heavy atom. The lowest BCUT2D eigenvalue weighted by molar-refractivity contribution is -0.151. The highest BCUT2D eigenvalue weighted by molar-refractivity contribution is 6.91. The summed E-state index contributed by atoms with van der Waals surface area (Å²) in [5.41, 5.74) is 7.03. The average molecular weight is 1010 g/mol. The Morgan fingerprint density at radius 3 is 1.92 bits per heavy atom. The number of benzene rings is 6. The van der Waals surface area contributed by atoms with E-state index in [1.807, 2.05) is 133 Å². The molecule has 0 radical (unpaired) electrons. The molecule has 11 rings (SSSR count). The topological polar surface area (TPSA) is 145 Å². The van der Waals surface area contributed by atoms with Crippen molar-refractivity contribution in [2.24, 2.45) is 16.1 Å². The number of fused-ring (bicyclic) bond motifs is 3. The van der Waals surface area contributed by atoms with Crippen molar-refractivity contribution in [2.75, 3.05) is 28.6 Å². The molecule has 0 aliphatic carbocycles. The van der Waals surface area contributed by atoms with Crippen molar-refractivity contribution in [3.8, 4) is 5.75 Å². The zero-order valence-electron chi connectivity index (χ0n) is 42.2. The van der Waals surface area contributed by atoms with E-state index in [1.165, 1.54) is 10.0 Å². The maximum Gasteiger partial charge on any atom is 0.264 e. The summed E-state index contributed by atoms with van der Waals surface area (Å²) < 4.78 is 13.1. The molecular weight excluding hydrogens is 945 g/mol. The SMILES string of the molecule is COc1ccc([Si](C)(C)[C@@H]2[C@@H](CC(=O)N3Cc4ccccc4C[C@H]3CO)O[C@]3(C(=O)N(Cc4ccc(N5N=C(c6ccccc6)CCC5=O)cc4)c4ccc(N5N=C(c6ccccc6)CCC5=O)cc43)[C@H]2C)cc1. The van der Waals surface area contributed by atoms with E-state index in [1.54, 1.807) is 16.9 Å². The maximum atomic E-state index is 16.1. The van der Waals surface area contributed by atoms with Crippen LogP contribution in [0.3, 0.4) is 0 Å². The predicted octanol–water partition coefficient (Wildman–Crippen LogP) is 8.86. The number of amides is 4. The first kappa shape index (κ1) is 48.7. The molecule has 5 atom stereocenters. The molecular formula is C60H60N6O7Si. The van der Waals surface area contributed by atoms with Crippen molar-refractivity contribution in [2.45, 2.75) is 94.9 Å². The molecule has 4 amide bonds. The predicted molar refractivity (Wildman–Crippen MR) is 289 cm³/mol. The van der Waals surface area contributed by atoms with Crippen LogP contribution >= 0.6 is 0 Å². The van der Waals surface area contributed by atoms with Crippen molar-refractivity contribution in [3.05, 3.63) is 185 Å². The van der Waals surface area contributed by atoms with Gasteiger partial charge in [0.1, 0.15) is 5.75 Å². The van der Waals surface area contributed by atoms with Crippen LogP contribution in [0.2, 0.25) is 18.6 Å².